The molecule has 0 bridgehead atoms. The molecule has 2 amide bonds. The first kappa shape index (κ1) is 20.5. The predicted octanol–water partition coefficient (Wildman–Crippen LogP) is 3.11. The van der Waals surface area contributed by atoms with Crippen molar-refractivity contribution in [1.82, 2.24) is 4.90 Å². The molecule has 8 nitrogen and oxygen atoms in total. The molecule has 0 unspecified atom stereocenters. The summed E-state index contributed by atoms with van der Waals surface area (Å²) >= 11 is 1.23. The molecule has 0 saturated heterocycles. The molecule has 152 valence electrons. The quantitative estimate of drug-likeness (QED) is 0.607. The van der Waals surface area contributed by atoms with Crippen LogP contribution >= 0.6 is 11.3 Å². The average Bonchev–Trinajstić information content (AvgIpc) is 3.09. The largest absolute Gasteiger partial charge is 0.465 e. The molecule has 2 aromatic rings. The Labute approximate surface area is 171 Å². The first-order chi connectivity index (χ1) is 13.8. The predicted molar refractivity (Wildman–Crippen MR) is 107 cm³/mol. The fraction of sp³-hybridized carbons (Fsp3) is 0.300. The van der Waals surface area contributed by atoms with E-state index in [2.05, 4.69) is 5.32 Å². The van der Waals surface area contributed by atoms with Gasteiger partial charge in [-0.05, 0) is 31.0 Å². The van der Waals surface area contributed by atoms with Crippen molar-refractivity contribution in [2.45, 2.75) is 19.9 Å². The summed E-state index contributed by atoms with van der Waals surface area (Å²) in [4.78, 5) is 50.6. The molecule has 1 aliphatic heterocycles. The molecule has 0 fully saturated rings. The van der Waals surface area contributed by atoms with Gasteiger partial charge < -0.3 is 19.7 Å². The zero-order chi connectivity index (χ0) is 21.1. The number of methoxy groups -OCH3 is 2. The van der Waals surface area contributed by atoms with E-state index in [1.807, 2.05) is 0 Å². The highest BCUT2D eigenvalue weighted by Gasteiger charge is 2.31. The van der Waals surface area contributed by atoms with Gasteiger partial charge in [-0.2, -0.15) is 0 Å². The number of anilines is 1. The molecular weight excluding hydrogens is 396 g/mol. The monoisotopic (exact) mass is 416 g/mol. The second kappa shape index (κ2) is 8.44. The van der Waals surface area contributed by atoms with Crippen LogP contribution in [0.15, 0.2) is 24.3 Å². The number of esters is 1. The highest BCUT2D eigenvalue weighted by Crippen LogP contribution is 2.38. The van der Waals surface area contributed by atoms with Crippen molar-refractivity contribution in [2.24, 2.45) is 0 Å². The van der Waals surface area contributed by atoms with Crippen LogP contribution in [0.25, 0.3) is 0 Å². The summed E-state index contributed by atoms with van der Waals surface area (Å²) in [7, 11) is 2.59. The second-order valence-electron chi connectivity index (χ2n) is 6.43. The van der Waals surface area contributed by atoms with Gasteiger partial charge in [-0.15, -0.1) is 11.3 Å². The van der Waals surface area contributed by atoms with E-state index in [0.29, 0.717) is 41.2 Å². The number of hydrogen-bond donors (Lipinski definition) is 1. The van der Waals surface area contributed by atoms with E-state index in [1.165, 1.54) is 37.4 Å². The minimum atomic E-state index is -0.545. The molecule has 0 saturated carbocycles. The highest BCUT2D eigenvalue weighted by atomic mass is 32.1. The van der Waals surface area contributed by atoms with Crippen molar-refractivity contribution < 1.29 is 28.7 Å². The molecule has 2 heterocycles. The number of benzene rings is 1. The molecule has 0 spiro atoms. The minimum absolute atomic E-state index is 0.0916. The Bertz CT molecular complexity index is 980. The maximum absolute atomic E-state index is 12.7. The molecule has 0 atom stereocenters. The summed E-state index contributed by atoms with van der Waals surface area (Å²) in [6.07, 6.45) is 0.00831. The van der Waals surface area contributed by atoms with E-state index in [1.54, 1.807) is 24.3 Å². The third kappa shape index (κ3) is 4.14. The summed E-state index contributed by atoms with van der Waals surface area (Å²) in [6.45, 7) is 2.14. The van der Waals surface area contributed by atoms with Gasteiger partial charge in [-0.1, -0.05) is 12.1 Å². The maximum Gasteiger partial charge on any atom is 0.409 e. The Kier molecular flexibility index (Phi) is 5.97. The lowest BCUT2D eigenvalue weighted by molar-refractivity contribution is 0.0600. The SMILES string of the molecule is COC(=O)c1c(NC(=O)c2ccc(C(C)=O)cc2)sc2c1CCN(C(=O)OC)C2. The topological polar surface area (TPSA) is 102 Å². The van der Waals surface area contributed by atoms with E-state index >= 15 is 0 Å². The smallest absolute Gasteiger partial charge is 0.409 e. The lowest BCUT2D eigenvalue weighted by atomic mass is 10.0. The fourth-order valence-corrected chi connectivity index (χ4v) is 4.37. The highest BCUT2D eigenvalue weighted by molar-refractivity contribution is 7.17. The Morgan fingerprint density at radius 3 is 2.28 bits per heavy atom. The second-order valence-corrected chi connectivity index (χ2v) is 7.53. The van der Waals surface area contributed by atoms with Crippen LogP contribution in [0.1, 0.15) is 48.4 Å². The lowest BCUT2D eigenvalue weighted by Gasteiger charge is -2.25. The number of fused-ring (bicyclic) bond motifs is 1. The van der Waals surface area contributed by atoms with Crippen molar-refractivity contribution in [3.63, 3.8) is 0 Å². The number of amides is 2. The van der Waals surface area contributed by atoms with Gasteiger partial charge in [0.2, 0.25) is 0 Å². The van der Waals surface area contributed by atoms with Crippen LogP contribution in [0.5, 0.6) is 0 Å². The average molecular weight is 416 g/mol. The Hall–Kier alpha value is -3.20. The summed E-state index contributed by atoms with van der Waals surface area (Å²) in [5.41, 5.74) is 1.94. The zero-order valence-electron chi connectivity index (χ0n) is 16.2. The van der Waals surface area contributed by atoms with Crippen LogP contribution in [-0.2, 0) is 22.4 Å². The molecule has 3 rings (SSSR count). The molecule has 0 radical (unpaired) electrons. The molecule has 1 aliphatic rings. The summed E-state index contributed by atoms with van der Waals surface area (Å²) < 4.78 is 9.67. The first-order valence-corrected chi connectivity index (χ1v) is 9.65. The number of Topliss-reactive ketones (excluding diaryl/α,β-unsaturated/α-hetero) is 1. The molecule has 1 aromatic carbocycles. The number of carbonyl (C=O) groups is 4. The van der Waals surface area contributed by atoms with Crippen LogP contribution < -0.4 is 5.32 Å². The van der Waals surface area contributed by atoms with Crippen LogP contribution in [0.2, 0.25) is 0 Å². The standard InChI is InChI=1S/C20H20N2O6S/c1-11(23)12-4-6-13(7-5-12)17(24)21-18-16(19(25)27-2)14-8-9-22(20(26)28-3)10-15(14)29-18/h4-7H,8-10H2,1-3H3,(H,21,24). The van der Waals surface area contributed by atoms with Gasteiger partial charge in [0.15, 0.2) is 5.78 Å². The summed E-state index contributed by atoms with van der Waals surface area (Å²) in [6, 6.07) is 6.26. The Morgan fingerprint density at radius 2 is 1.69 bits per heavy atom. The Balaban J connectivity index is 1.89. The van der Waals surface area contributed by atoms with Crippen molar-refractivity contribution in [3.8, 4) is 0 Å². The number of nitrogens with one attached hydrogen (secondary N) is 1. The number of rotatable bonds is 4. The molecule has 0 aliphatic carbocycles. The van der Waals surface area contributed by atoms with Gasteiger partial charge >= 0.3 is 12.1 Å². The van der Waals surface area contributed by atoms with Crippen LogP contribution in [-0.4, -0.2) is 49.4 Å². The van der Waals surface area contributed by atoms with E-state index in [-0.39, 0.29) is 5.78 Å². The number of thiophene rings is 1. The van der Waals surface area contributed by atoms with Gasteiger partial charge in [0.25, 0.3) is 5.91 Å². The van der Waals surface area contributed by atoms with E-state index in [4.69, 9.17) is 9.47 Å². The first-order valence-electron chi connectivity index (χ1n) is 8.83. The minimum Gasteiger partial charge on any atom is -0.465 e. The zero-order valence-corrected chi connectivity index (χ0v) is 17.1. The fourth-order valence-electron chi connectivity index (χ4n) is 3.13. The van der Waals surface area contributed by atoms with Gasteiger partial charge in [0.1, 0.15) is 5.00 Å². The van der Waals surface area contributed by atoms with E-state index < -0.39 is 18.0 Å². The lowest BCUT2D eigenvalue weighted by Crippen LogP contribution is -2.35. The Morgan fingerprint density at radius 1 is 1.03 bits per heavy atom. The van der Waals surface area contributed by atoms with Gasteiger partial charge in [0.05, 0.1) is 26.3 Å². The number of nitrogens with zero attached hydrogens (tertiary/aromatic N) is 1. The molecule has 29 heavy (non-hydrogen) atoms. The molecule has 1 N–H and O–H groups in total. The summed E-state index contributed by atoms with van der Waals surface area (Å²) in [5.74, 6) is -1.05. The molecule has 1 aromatic heterocycles. The van der Waals surface area contributed by atoms with E-state index in [0.717, 1.165) is 10.4 Å². The van der Waals surface area contributed by atoms with Gasteiger partial charge in [0, 0.05) is 22.5 Å². The van der Waals surface area contributed by atoms with Crippen molar-refractivity contribution in [3.05, 3.63) is 51.4 Å². The van der Waals surface area contributed by atoms with Crippen molar-refractivity contribution >= 4 is 40.1 Å². The number of carbonyl (C=O) groups excluding carboxylic acids is 4. The summed E-state index contributed by atoms with van der Waals surface area (Å²) in [5, 5.41) is 3.13. The van der Waals surface area contributed by atoms with Gasteiger partial charge in [-0.3, -0.25) is 9.59 Å². The van der Waals surface area contributed by atoms with Crippen LogP contribution in [0.4, 0.5) is 9.80 Å². The van der Waals surface area contributed by atoms with Crippen molar-refractivity contribution in [2.75, 3.05) is 26.1 Å². The molecule has 9 heteroatoms. The van der Waals surface area contributed by atoms with E-state index in [9.17, 15) is 19.2 Å². The number of ketones is 1. The van der Waals surface area contributed by atoms with Crippen LogP contribution in [0, 0.1) is 0 Å². The molecular formula is C20H20N2O6S. The maximum atomic E-state index is 12.7. The van der Waals surface area contributed by atoms with Gasteiger partial charge in [-0.25, -0.2) is 9.59 Å². The third-order valence-electron chi connectivity index (χ3n) is 4.66. The van der Waals surface area contributed by atoms with Crippen LogP contribution in [0.3, 0.4) is 0 Å². The number of hydrogen-bond acceptors (Lipinski definition) is 7. The van der Waals surface area contributed by atoms with Crippen molar-refractivity contribution in [1.29, 1.82) is 0 Å². The third-order valence-corrected chi connectivity index (χ3v) is 5.79. The number of ether oxygens (including phenoxy) is 2. The normalized spacial score (nSPS) is 12.7.